The lowest BCUT2D eigenvalue weighted by Crippen LogP contribution is -2.48. The summed E-state index contributed by atoms with van der Waals surface area (Å²) in [7, 11) is 0. The fourth-order valence-corrected chi connectivity index (χ4v) is 5.52. The van der Waals surface area contributed by atoms with E-state index < -0.39 is 5.54 Å². The van der Waals surface area contributed by atoms with Crippen molar-refractivity contribution >= 4 is 33.5 Å². The van der Waals surface area contributed by atoms with Crippen LogP contribution in [0.15, 0.2) is 24.3 Å². The van der Waals surface area contributed by atoms with Crippen LogP contribution in [0.3, 0.4) is 0 Å². The quantitative estimate of drug-likeness (QED) is 0.823. The summed E-state index contributed by atoms with van der Waals surface area (Å²) < 4.78 is 1.22. The maximum atomic E-state index is 12.9. The Hall–Kier alpha value is -1.99. The number of hydrogen-bond acceptors (Lipinski definition) is 5. The monoisotopic (exact) mass is 384 g/mol. The van der Waals surface area contributed by atoms with E-state index >= 15 is 0 Å². The van der Waals surface area contributed by atoms with Crippen molar-refractivity contribution in [2.24, 2.45) is 5.92 Å². The minimum Gasteiger partial charge on any atom is -0.323 e. The number of likely N-dealkylation sites (tertiary alicyclic amines) is 1. The van der Waals surface area contributed by atoms with Crippen LogP contribution in [-0.4, -0.2) is 52.0 Å². The normalized spacial score (nSPS) is 29.5. The summed E-state index contributed by atoms with van der Waals surface area (Å²) in [5, 5.41) is 4.11. The number of thiazole rings is 1. The molecule has 6 nitrogen and oxygen atoms in total. The summed E-state index contributed by atoms with van der Waals surface area (Å²) in [5.41, 5.74) is 0.364. The van der Waals surface area contributed by atoms with Crippen LogP contribution in [0.25, 0.3) is 10.2 Å². The predicted molar refractivity (Wildman–Crippen MR) is 105 cm³/mol. The average molecular weight is 385 g/mol. The predicted octanol–water partition coefficient (Wildman–Crippen LogP) is 3.15. The van der Waals surface area contributed by atoms with Gasteiger partial charge in [0.2, 0.25) is 0 Å². The van der Waals surface area contributed by atoms with Gasteiger partial charge in [0.15, 0.2) is 0 Å². The highest BCUT2D eigenvalue weighted by atomic mass is 32.1. The molecule has 1 aromatic heterocycles. The summed E-state index contributed by atoms with van der Waals surface area (Å²) in [6, 6.07) is 8.00. The van der Waals surface area contributed by atoms with Gasteiger partial charge in [-0.2, -0.15) is 0 Å². The third-order valence-electron chi connectivity index (χ3n) is 6.20. The van der Waals surface area contributed by atoms with E-state index in [2.05, 4.69) is 22.3 Å². The summed E-state index contributed by atoms with van der Waals surface area (Å²) in [6.07, 6.45) is 4.22. The molecule has 7 heteroatoms. The maximum absolute atomic E-state index is 12.9. The van der Waals surface area contributed by atoms with Crippen molar-refractivity contribution in [2.45, 2.75) is 44.1 Å². The van der Waals surface area contributed by atoms with Gasteiger partial charge in [-0.3, -0.25) is 9.69 Å². The molecule has 3 aliphatic rings. The first-order valence-electron chi connectivity index (χ1n) is 9.76. The summed E-state index contributed by atoms with van der Waals surface area (Å²) >= 11 is 1.76. The van der Waals surface area contributed by atoms with E-state index in [0.29, 0.717) is 18.5 Å². The van der Waals surface area contributed by atoms with E-state index in [0.717, 1.165) is 44.3 Å². The van der Waals surface area contributed by atoms with Gasteiger partial charge in [-0.15, -0.1) is 11.3 Å². The maximum Gasteiger partial charge on any atom is 0.326 e. The van der Waals surface area contributed by atoms with E-state index in [9.17, 15) is 9.59 Å². The summed E-state index contributed by atoms with van der Waals surface area (Å²) in [5.74, 6) is 0.611. The van der Waals surface area contributed by atoms with Gasteiger partial charge in [0.1, 0.15) is 5.54 Å². The lowest BCUT2D eigenvalue weighted by atomic mass is 9.96. The second kappa shape index (κ2) is 6.27. The number of nitrogens with zero attached hydrogens (tertiary/aromatic N) is 3. The first kappa shape index (κ1) is 17.1. The zero-order valence-corrected chi connectivity index (χ0v) is 16.3. The van der Waals surface area contributed by atoms with E-state index in [1.807, 2.05) is 19.1 Å². The third kappa shape index (κ3) is 2.93. The molecule has 2 atom stereocenters. The average Bonchev–Trinajstić information content (AvgIpc) is 3.40. The second-order valence-electron chi connectivity index (χ2n) is 8.22. The molecule has 2 aromatic rings. The van der Waals surface area contributed by atoms with Gasteiger partial charge in [0.05, 0.1) is 21.9 Å². The first-order valence-corrected chi connectivity index (χ1v) is 10.6. The number of aromatic nitrogens is 1. The molecule has 2 aliphatic heterocycles. The van der Waals surface area contributed by atoms with Crippen molar-refractivity contribution in [3.8, 4) is 0 Å². The lowest BCUT2D eigenvalue weighted by Gasteiger charge is -2.33. The molecule has 3 heterocycles. The molecule has 3 fully saturated rings. The topological polar surface area (TPSA) is 65.5 Å². The standard InChI is InChI=1S/C20H24N4O2S/c1-20(14-8-9-14)18(25)24(19(26)22-20)12-23-10-4-5-13(11-23)17-21-15-6-2-3-7-16(15)27-17/h2-3,6-7,13-14H,4-5,8-12H2,1H3,(H,22,26)/t13-,20+/m0/s1. The van der Waals surface area contributed by atoms with Crippen LogP contribution in [0, 0.1) is 5.92 Å². The SMILES string of the molecule is C[C@]1(C2CC2)NC(=O)N(CN2CCC[C@H](c3nc4ccccc4s3)C2)C1=O. The number of nitrogens with one attached hydrogen (secondary N) is 1. The van der Waals surface area contributed by atoms with Crippen LogP contribution in [0.2, 0.25) is 0 Å². The Morgan fingerprint density at radius 3 is 2.85 bits per heavy atom. The molecule has 2 saturated heterocycles. The zero-order valence-electron chi connectivity index (χ0n) is 15.5. The fourth-order valence-electron chi connectivity index (χ4n) is 4.43. The van der Waals surface area contributed by atoms with Crippen molar-refractivity contribution in [1.82, 2.24) is 20.1 Å². The highest BCUT2D eigenvalue weighted by Crippen LogP contribution is 2.42. The Labute approximate surface area is 162 Å². The number of para-hydroxylation sites is 1. The van der Waals surface area contributed by atoms with Crippen molar-refractivity contribution in [3.63, 3.8) is 0 Å². The van der Waals surface area contributed by atoms with Crippen LogP contribution >= 0.6 is 11.3 Å². The molecule has 1 aromatic carbocycles. The lowest BCUT2D eigenvalue weighted by molar-refractivity contribution is -0.133. The molecular weight excluding hydrogens is 360 g/mol. The van der Waals surface area contributed by atoms with Gasteiger partial charge in [-0.1, -0.05) is 12.1 Å². The van der Waals surface area contributed by atoms with Crippen LogP contribution in [-0.2, 0) is 4.79 Å². The molecule has 1 aliphatic carbocycles. The van der Waals surface area contributed by atoms with Gasteiger partial charge in [0.25, 0.3) is 5.91 Å². The number of rotatable bonds is 4. The van der Waals surface area contributed by atoms with Gasteiger partial charge in [-0.05, 0) is 57.2 Å². The third-order valence-corrected chi connectivity index (χ3v) is 7.40. The van der Waals surface area contributed by atoms with Gasteiger partial charge in [0, 0.05) is 12.5 Å². The zero-order chi connectivity index (χ0) is 18.6. The number of benzene rings is 1. The van der Waals surface area contributed by atoms with Crippen LogP contribution in [0.1, 0.15) is 43.5 Å². The van der Waals surface area contributed by atoms with Crippen molar-refractivity contribution < 1.29 is 9.59 Å². The van der Waals surface area contributed by atoms with E-state index in [1.165, 1.54) is 14.6 Å². The fraction of sp³-hybridized carbons (Fsp3) is 0.550. The Morgan fingerprint density at radius 2 is 2.07 bits per heavy atom. The number of piperidine rings is 1. The Balaban J connectivity index is 1.30. The molecule has 5 rings (SSSR count). The minimum atomic E-state index is -0.695. The Morgan fingerprint density at radius 1 is 1.26 bits per heavy atom. The van der Waals surface area contributed by atoms with Crippen LogP contribution < -0.4 is 5.32 Å². The molecular formula is C20H24N4O2S. The molecule has 0 radical (unpaired) electrons. The molecule has 142 valence electrons. The molecule has 0 spiro atoms. The number of carbonyl (C=O) groups excluding carboxylic acids is 2. The summed E-state index contributed by atoms with van der Waals surface area (Å²) in [4.78, 5) is 33.8. The minimum absolute atomic E-state index is 0.0582. The molecule has 3 amide bonds. The first-order chi connectivity index (χ1) is 13.0. The molecule has 0 unspecified atom stereocenters. The molecule has 1 saturated carbocycles. The van der Waals surface area contributed by atoms with E-state index in [-0.39, 0.29) is 11.9 Å². The van der Waals surface area contributed by atoms with Crippen molar-refractivity contribution in [2.75, 3.05) is 19.8 Å². The smallest absolute Gasteiger partial charge is 0.323 e. The summed E-state index contributed by atoms with van der Waals surface area (Å²) in [6.45, 7) is 4.02. The van der Waals surface area contributed by atoms with Gasteiger partial charge in [-0.25, -0.2) is 14.7 Å². The largest absolute Gasteiger partial charge is 0.326 e. The van der Waals surface area contributed by atoms with Crippen molar-refractivity contribution in [1.29, 1.82) is 0 Å². The number of fused-ring (bicyclic) bond motifs is 1. The Bertz CT molecular complexity index is 875. The number of imide groups is 1. The van der Waals surface area contributed by atoms with Crippen molar-refractivity contribution in [3.05, 3.63) is 29.3 Å². The number of hydrogen-bond donors (Lipinski definition) is 1. The highest BCUT2D eigenvalue weighted by molar-refractivity contribution is 7.18. The number of carbonyl (C=O) groups is 2. The van der Waals surface area contributed by atoms with Gasteiger partial charge >= 0.3 is 6.03 Å². The highest BCUT2D eigenvalue weighted by Gasteiger charge is 2.56. The van der Waals surface area contributed by atoms with Crippen LogP contribution in [0.4, 0.5) is 4.79 Å². The van der Waals surface area contributed by atoms with Gasteiger partial charge < -0.3 is 5.32 Å². The number of amides is 3. The Kier molecular flexibility index (Phi) is 3.98. The number of urea groups is 1. The molecule has 0 bridgehead atoms. The van der Waals surface area contributed by atoms with Crippen LogP contribution in [0.5, 0.6) is 0 Å². The molecule has 1 N–H and O–H groups in total. The second-order valence-corrected chi connectivity index (χ2v) is 9.28. The van der Waals surface area contributed by atoms with E-state index in [4.69, 9.17) is 4.98 Å². The van der Waals surface area contributed by atoms with E-state index in [1.54, 1.807) is 11.3 Å². The molecule has 27 heavy (non-hydrogen) atoms.